The largest absolute Gasteiger partial charge is 0.264 e. The summed E-state index contributed by atoms with van der Waals surface area (Å²) in [6.45, 7) is 3.61. The van der Waals surface area contributed by atoms with E-state index in [4.69, 9.17) is 0 Å². The van der Waals surface area contributed by atoms with Crippen LogP contribution in [0.5, 0.6) is 0 Å². The van der Waals surface area contributed by atoms with Crippen LogP contribution in [0.15, 0.2) is 49.3 Å². The van der Waals surface area contributed by atoms with E-state index in [1.807, 2.05) is 18.3 Å². The van der Waals surface area contributed by atoms with Gasteiger partial charge in [-0.25, -0.2) is 0 Å². The third-order valence-electron chi connectivity index (χ3n) is 1.59. The van der Waals surface area contributed by atoms with E-state index < -0.39 is 0 Å². The Hall–Kier alpha value is -1.37. The van der Waals surface area contributed by atoms with Crippen molar-refractivity contribution in [2.75, 3.05) is 0 Å². The van der Waals surface area contributed by atoms with Crippen molar-refractivity contribution in [1.29, 1.82) is 0 Å². The minimum Gasteiger partial charge on any atom is -0.264 e. The molecule has 0 spiro atoms. The predicted octanol–water partition coefficient (Wildman–Crippen LogP) is 2.76. The zero-order valence-corrected chi connectivity index (χ0v) is 7.11. The Morgan fingerprint density at radius 2 is 2.42 bits per heavy atom. The van der Waals surface area contributed by atoms with Crippen LogP contribution in [-0.2, 0) is 6.42 Å². The molecule has 0 aliphatic carbocycles. The minimum absolute atomic E-state index is 1.05. The molecule has 0 atom stereocenters. The van der Waals surface area contributed by atoms with Crippen LogP contribution in [-0.4, -0.2) is 4.98 Å². The van der Waals surface area contributed by atoms with Crippen LogP contribution in [0.2, 0.25) is 0 Å². The van der Waals surface area contributed by atoms with Gasteiger partial charge in [0.25, 0.3) is 0 Å². The molecule has 1 rings (SSSR count). The topological polar surface area (TPSA) is 12.9 Å². The van der Waals surface area contributed by atoms with Gasteiger partial charge in [0.05, 0.1) is 0 Å². The lowest BCUT2D eigenvalue weighted by Crippen LogP contribution is -1.83. The normalized spacial score (nSPS) is 10.3. The minimum atomic E-state index is 1.05. The summed E-state index contributed by atoms with van der Waals surface area (Å²) >= 11 is 0. The summed E-state index contributed by atoms with van der Waals surface area (Å²) in [5, 5.41) is 0. The molecule has 1 heterocycles. The molecule has 1 heteroatoms. The molecule has 1 aromatic heterocycles. The first-order valence-electron chi connectivity index (χ1n) is 4.10. The summed E-state index contributed by atoms with van der Waals surface area (Å²) in [6, 6.07) is 4.06. The lowest BCUT2D eigenvalue weighted by atomic mass is 10.1. The van der Waals surface area contributed by atoms with Crippen LogP contribution < -0.4 is 0 Å². The summed E-state index contributed by atoms with van der Waals surface area (Å²) in [5.74, 6) is 0. The molecule has 0 aliphatic rings. The van der Waals surface area contributed by atoms with E-state index in [9.17, 15) is 0 Å². The fourth-order valence-electron chi connectivity index (χ4n) is 0.988. The fourth-order valence-corrected chi connectivity index (χ4v) is 0.988. The lowest BCUT2D eigenvalue weighted by Gasteiger charge is -1.94. The molecule has 1 nitrogen and oxygen atoms in total. The number of hydrogen-bond donors (Lipinski definition) is 0. The van der Waals surface area contributed by atoms with Gasteiger partial charge >= 0.3 is 0 Å². The molecule has 0 N–H and O–H groups in total. The molecule has 0 saturated carbocycles. The first-order chi connectivity index (χ1) is 5.93. The van der Waals surface area contributed by atoms with Gasteiger partial charge in [-0.05, 0) is 24.5 Å². The van der Waals surface area contributed by atoms with Crippen molar-refractivity contribution in [3.05, 3.63) is 54.9 Å². The van der Waals surface area contributed by atoms with Gasteiger partial charge in [-0.15, -0.1) is 0 Å². The second kappa shape index (κ2) is 5.30. The van der Waals surface area contributed by atoms with Crippen LogP contribution in [0.25, 0.3) is 0 Å². The highest BCUT2D eigenvalue weighted by Crippen LogP contribution is 2.00. The van der Waals surface area contributed by atoms with E-state index in [2.05, 4.69) is 23.7 Å². The second-order valence-corrected chi connectivity index (χ2v) is 2.56. The third kappa shape index (κ3) is 3.15. The van der Waals surface area contributed by atoms with Gasteiger partial charge in [0.2, 0.25) is 0 Å². The molecular weight excluding hydrogens is 146 g/mol. The number of nitrogens with zero attached hydrogens (tertiary/aromatic N) is 1. The molecule has 0 unspecified atom stereocenters. The van der Waals surface area contributed by atoms with Gasteiger partial charge in [-0.3, -0.25) is 4.98 Å². The maximum Gasteiger partial charge on any atom is 0.0299 e. The van der Waals surface area contributed by atoms with Crippen molar-refractivity contribution in [1.82, 2.24) is 4.98 Å². The highest BCUT2D eigenvalue weighted by atomic mass is 14.6. The molecule has 0 bridgehead atoms. The van der Waals surface area contributed by atoms with E-state index in [1.54, 1.807) is 12.3 Å². The Morgan fingerprint density at radius 1 is 1.50 bits per heavy atom. The van der Waals surface area contributed by atoms with Gasteiger partial charge in [0.1, 0.15) is 0 Å². The zero-order valence-electron chi connectivity index (χ0n) is 7.11. The maximum absolute atomic E-state index is 4.04. The fraction of sp³-hybridized carbons (Fsp3) is 0.182. The average molecular weight is 159 g/mol. The third-order valence-corrected chi connectivity index (χ3v) is 1.59. The van der Waals surface area contributed by atoms with E-state index in [0.717, 1.165) is 12.8 Å². The van der Waals surface area contributed by atoms with Gasteiger partial charge in [-0.2, -0.15) is 0 Å². The molecular formula is C11H13N. The van der Waals surface area contributed by atoms with Crippen LogP contribution >= 0.6 is 0 Å². The zero-order chi connectivity index (χ0) is 8.65. The molecule has 0 fully saturated rings. The Balaban J connectivity index is 2.33. The van der Waals surface area contributed by atoms with Crippen molar-refractivity contribution in [2.45, 2.75) is 12.8 Å². The number of aromatic nitrogens is 1. The Morgan fingerprint density at radius 3 is 3.08 bits per heavy atom. The molecule has 1 aromatic rings. The van der Waals surface area contributed by atoms with Crippen molar-refractivity contribution in [3.63, 3.8) is 0 Å². The molecule has 12 heavy (non-hydrogen) atoms. The molecule has 0 aromatic carbocycles. The van der Waals surface area contributed by atoms with E-state index in [0.29, 0.717) is 0 Å². The summed E-state index contributed by atoms with van der Waals surface area (Å²) < 4.78 is 0. The molecule has 62 valence electrons. The highest BCUT2D eigenvalue weighted by molar-refractivity contribution is 5.09. The molecule has 0 aliphatic heterocycles. The first-order valence-corrected chi connectivity index (χ1v) is 4.10. The SMILES string of the molecule is C=C/C=C\CCc1cccnc1. The van der Waals surface area contributed by atoms with Crippen LogP contribution in [0.3, 0.4) is 0 Å². The van der Waals surface area contributed by atoms with E-state index in [1.165, 1.54) is 5.56 Å². The van der Waals surface area contributed by atoms with Crippen LogP contribution in [0, 0.1) is 0 Å². The Labute approximate surface area is 73.5 Å². The second-order valence-electron chi connectivity index (χ2n) is 2.56. The summed E-state index contributed by atoms with van der Waals surface area (Å²) in [5.41, 5.74) is 1.28. The number of hydrogen-bond acceptors (Lipinski definition) is 1. The Bertz CT molecular complexity index is 249. The quantitative estimate of drug-likeness (QED) is 0.615. The Kier molecular flexibility index (Phi) is 3.86. The van der Waals surface area contributed by atoms with E-state index >= 15 is 0 Å². The van der Waals surface area contributed by atoms with E-state index in [-0.39, 0.29) is 0 Å². The molecule has 0 amide bonds. The maximum atomic E-state index is 4.04. The monoisotopic (exact) mass is 159 g/mol. The van der Waals surface area contributed by atoms with Gasteiger partial charge in [0.15, 0.2) is 0 Å². The molecule has 0 radical (unpaired) electrons. The van der Waals surface area contributed by atoms with Crippen LogP contribution in [0.4, 0.5) is 0 Å². The van der Waals surface area contributed by atoms with Crippen molar-refractivity contribution >= 4 is 0 Å². The lowest BCUT2D eigenvalue weighted by molar-refractivity contribution is 0.987. The molecule has 0 saturated heterocycles. The average Bonchev–Trinajstić information content (AvgIpc) is 2.14. The predicted molar refractivity (Wildman–Crippen MR) is 51.9 cm³/mol. The highest BCUT2D eigenvalue weighted by Gasteiger charge is 1.87. The van der Waals surface area contributed by atoms with Crippen molar-refractivity contribution in [3.8, 4) is 0 Å². The summed E-state index contributed by atoms with van der Waals surface area (Å²) in [6.07, 6.45) is 11.7. The van der Waals surface area contributed by atoms with Gasteiger partial charge in [0, 0.05) is 12.4 Å². The smallest absolute Gasteiger partial charge is 0.0299 e. The number of rotatable bonds is 4. The number of allylic oxidation sites excluding steroid dienone is 3. The number of aryl methyl sites for hydroxylation is 1. The summed E-state index contributed by atoms with van der Waals surface area (Å²) in [7, 11) is 0. The van der Waals surface area contributed by atoms with Gasteiger partial charge in [-0.1, -0.05) is 30.9 Å². The standard InChI is InChI=1S/C11H13N/c1-2-3-4-5-7-11-8-6-9-12-10-11/h2-4,6,8-10H,1,5,7H2/b4-3-. The number of pyridine rings is 1. The van der Waals surface area contributed by atoms with Crippen LogP contribution in [0.1, 0.15) is 12.0 Å². The summed E-state index contributed by atoms with van der Waals surface area (Å²) in [4.78, 5) is 4.04. The first kappa shape index (κ1) is 8.72. The van der Waals surface area contributed by atoms with Crippen molar-refractivity contribution in [2.24, 2.45) is 0 Å². The van der Waals surface area contributed by atoms with Crippen molar-refractivity contribution < 1.29 is 0 Å². The van der Waals surface area contributed by atoms with Gasteiger partial charge < -0.3 is 0 Å².